The second-order valence-electron chi connectivity index (χ2n) is 19.8. The fourth-order valence-corrected chi connectivity index (χ4v) is 8.18. The Labute approximate surface area is 448 Å². The van der Waals surface area contributed by atoms with Crippen LogP contribution in [0.15, 0.2) is 96.3 Å². The Hall–Kier alpha value is -2.59. The zero-order chi connectivity index (χ0) is 46.6. The standard InChI is InChI=1S/2C29H41N2.2ClH.2Mg/c2*1-18(2)24-13-11-14-25(19(3)4)28(24)30-22(9)17-23(10)31-29-26(20(5)6)15-12-16-27(29)21(7)8;;;;/h2*11-21H,1-10H3;2*1H;;/q2*-1;;;2*+2/b2*22-17-,31-23?;;;;. The molecule has 4 aromatic rings. The molecule has 352 valence electrons. The molecule has 0 saturated carbocycles. The van der Waals surface area contributed by atoms with E-state index in [0.717, 1.165) is 34.2 Å². The molecule has 0 aliphatic carbocycles. The Morgan fingerprint density at radius 1 is 0.348 bits per heavy atom. The van der Waals surface area contributed by atoms with Crippen LogP contribution < -0.4 is 34.8 Å². The van der Waals surface area contributed by atoms with Crippen LogP contribution in [0.5, 0.6) is 0 Å². The van der Waals surface area contributed by atoms with E-state index in [0.29, 0.717) is 47.3 Å². The van der Waals surface area contributed by atoms with Crippen molar-refractivity contribution >= 4 is 80.3 Å². The van der Waals surface area contributed by atoms with E-state index in [4.69, 9.17) is 10.6 Å². The summed E-state index contributed by atoms with van der Waals surface area (Å²) in [5.74, 6) is 3.65. The molecule has 0 fully saturated rings. The van der Waals surface area contributed by atoms with Crippen LogP contribution in [0.25, 0.3) is 10.6 Å². The Morgan fingerprint density at radius 2 is 0.530 bits per heavy atom. The summed E-state index contributed by atoms with van der Waals surface area (Å²) in [7, 11) is 0. The zero-order valence-corrected chi connectivity index (χ0v) is 49.1. The summed E-state index contributed by atoms with van der Waals surface area (Å²) in [6, 6.07) is 26.5. The summed E-state index contributed by atoms with van der Waals surface area (Å²) < 4.78 is 0. The van der Waals surface area contributed by atoms with Gasteiger partial charge in [-0.05, 0) is 59.5 Å². The number of para-hydroxylation sites is 4. The molecule has 0 saturated heterocycles. The minimum absolute atomic E-state index is 0. The molecular weight excluding hydrogens is 872 g/mol. The Bertz CT molecular complexity index is 1960. The van der Waals surface area contributed by atoms with Gasteiger partial charge in [-0.15, -0.1) is 11.4 Å². The number of nitrogens with one attached hydrogen (secondary N) is 2. The van der Waals surface area contributed by atoms with Gasteiger partial charge < -0.3 is 35.4 Å². The van der Waals surface area contributed by atoms with Gasteiger partial charge >= 0.3 is 46.1 Å². The van der Waals surface area contributed by atoms with Gasteiger partial charge in [-0.1, -0.05) is 220 Å². The number of benzene rings is 4. The average molecular weight is 957 g/mol. The fourth-order valence-electron chi connectivity index (χ4n) is 8.18. The molecule has 0 heterocycles. The third kappa shape index (κ3) is 18.7. The minimum atomic E-state index is 0. The molecule has 66 heavy (non-hydrogen) atoms. The van der Waals surface area contributed by atoms with Gasteiger partial charge in [0.15, 0.2) is 11.4 Å². The van der Waals surface area contributed by atoms with E-state index >= 15 is 0 Å². The zero-order valence-electron chi connectivity index (χ0n) is 44.8. The normalized spacial score (nSPS) is 12.3. The number of rotatable bonds is 16. The molecule has 0 aliphatic heterocycles. The van der Waals surface area contributed by atoms with Crippen LogP contribution in [-0.4, -0.2) is 57.5 Å². The second kappa shape index (κ2) is 30.8. The third-order valence-corrected chi connectivity index (χ3v) is 11.5. The first-order chi connectivity index (χ1) is 29.0. The fraction of sp³-hybridized carbons (Fsp3) is 0.483. The van der Waals surface area contributed by atoms with Crippen molar-refractivity contribution in [3.8, 4) is 0 Å². The number of nitrogens with zero attached hydrogens (tertiary/aromatic N) is 2. The Kier molecular flexibility index (Phi) is 30.6. The summed E-state index contributed by atoms with van der Waals surface area (Å²) >= 11 is 0. The molecule has 0 radical (unpaired) electrons. The minimum Gasteiger partial charge on any atom is -1.00 e. The van der Waals surface area contributed by atoms with Crippen LogP contribution in [0.4, 0.5) is 22.7 Å². The number of hydrogen-bond donors (Lipinski definition) is 2. The molecule has 2 N–H and O–H groups in total. The first kappa shape index (κ1) is 65.5. The van der Waals surface area contributed by atoms with Crippen LogP contribution in [-0.2, 0) is 0 Å². The topological polar surface area (TPSA) is 56.1 Å². The van der Waals surface area contributed by atoms with Gasteiger partial charge in [0.2, 0.25) is 11.4 Å². The first-order valence-electron chi connectivity index (χ1n) is 23.6. The van der Waals surface area contributed by atoms with Crippen LogP contribution in [0.3, 0.4) is 0 Å². The van der Waals surface area contributed by atoms with E-state index in [1.54, 1.807) is 0 Å². The van der Waals surface area contributed by atoms with Gasteiger partial charge in [0.05, 0.1) is 0 Å². The Morgan fingerprint density at radius 3 is 0.712 bits per heavy atom. The van der Waals surface area contributed by atoms with Crippen molar-refractivity contribution in [3.63, 3.8) is 0 Å². The van der Waals surface area contributed by atoms with E-state index in [1.165, 1.54) is 55.9 Å². The monoisotopic (exact) mass is 955 g/mol. The van der Waals surface area contributed by atoms with Crippen molar-refractivity contribution < 1.29 is 34.8 Å². The molecular formula is C58H84Cl2Mg2N4+2. The van der Waals surface area contributed by atoms with Crippen molar-refractivity contribution in [2.24, 2.45) is 0 Å². The molecule has 0 amide bonds. The van der Waals surface area contributed by atoms with Gasteiger partial charge in [0.1, 0.15) is 0 Å². The molecule has 4 aromatic carbocycles. The van der Waals surface area contributed by atoms with Crippen molar-refractivity contribution in [2.45, 2.75) is 186 Å². The molecule has 0 aliphatic rings. The van der Waals surface area contributed by atoms with Gasteiger partial charge in [-0.3, -0.25) is 0 Å². The maximum Gasteiger partial charge on any atom is 2.00 e. The van der Waals surface area contributed by atoms with Gasteiger partial charge in [0.25, 0.3) is 0 Å². The van der Waals surface area contributed by atoms with Crippen molar-refractivity contribution in [1.82, 2.24) is 0 Å². The first-order valence-corrected chi connectivity index (χ1v) is 23.6. The van der Waals surface area contributed by atoms with Crippen molar-refractivity contribution in [3.05, 3.63) is 151 Å². The van der Waals surface area contributed by atoms with E-state index in [1.807, 2.05) is 0 Å². The van der Waals surface area contributed by atoms with Gasteiger partial charge in [-0.25, -0.2) is 9.98 Å². The number of halogens is 2. The van der Waals surface area contributed by atoms with Crippen molar-refractivity contribution in [2.75, 3.05) is 0 Å². The molecule has 0 aromatic heterocycles. The quantitative estimate of drug-likeness (QED) is 0.0833. The van der Waals surface area contributed by atoms with Crippen molar-refractivity contribution in [1.29, 1.82) is 0 Å². The van der Waals surface area contributed by atoms with Crippen LogP contribution in [0, 0.1) is 0 Å². The summed E-state index contributed by atoms with van der Waals surface area (Å²) in [5, 5.41) is 10.2. The maximum atomic E-state index is 5.10. The SMILES string of the molecule is CC(/C=C(/C)[N-]c1c(C(C)C)cccc1C(C)C)=[NH+]c1c(C(C)C)cccc1C(C)C.CC(/C=C(/C)[N-]c1c(C(C)C)cccc1C(C)C)=[NH+]c1c(C(C)C)cccc1C(C)C.[Cl-].[Cl-].[Mg+2].[Mg+2]. The molecule has 4 rings (SSSR count). The van der Waals surface area contributed by atoms with E-state index in [-0.39, 0.29) is 70.9 Å². The third-order valence-electron chi connectivity index (χ3n) is 11.5. The van der Waals surface area contributed by atoms with Gasteiger partial charge in [0, 0.05) is 36.1 Å². The van der Waals surface area contributed by atoms with Crippen LogP contribution in [0.1, 0.15) is 230 Å². The van der Waals surface area contributed by atoms with E-state index in [9.17, 15) is 0 Å². The van der Waals surface area contributed by atoms with E-state index in [2.05, 4.69) is 233 Å². The number of hydrogen-bond acceptors (Lipinski definition) is 0. The van der Waals surface area contributed by atoms with E-state index < -0.39 is 0 Å². The summed E-state index contributed by atoms with van der Waals surface area (Å²) in [6.07, 6.45) is 4.34. The summed E-state index contributed by atoms with van der Waals surface area (Å²) in [5.41, 5.74) is 19.8. The van der Waals surface area contributed by atoms with Crippen LogP contribution in [0.2, 0.25) is 0 Å². The smallest absolute Gasteiger partial charge is 1.00 e. The average Bonchev–Trinajstić information content (AvgIpc) is 3.17. The Balaban J connectivity index is 0. The largest absolute Gasteiger partial charge is 2.00 e. The summed E-state index contributed by atoms with van der Waals surface area (Å²) in [4.78, 5) is 7.43. The van der Waals surface area contributed by atoms with Crippen LogP contribution >= 0.6 is 0 Å². The predicted octanol–water partition coefficient (Wildman–Crippen LogP) is 9.17. The molecule has 8 heteroatoms. The molecule has 4 nitrogen and oxygen atoms in total. The predicted molar refractivity (Wildman–Crippen MR) is 286 cm³/mol. The molecule has 0 spiro atoms. The van der Waals surface area contributed by atoms with Gasteiger partial charge in [-0.2, -0.15) is 11.4 Å². The number of allylic oxidation sites excluding steroid dienone is 4. The molecule has 0 bridgehead atoms. The summed E-state index contributed by atoms with van der Waals surface area (Å²) in [6.45, 7) is 44.5. The maximum absolute atomic E-state index is 5.10. The molecule has 0 unspecified atom stereocenters. The second-order valence-corrected chi connectivity index (χ2v) is 19.8. The molecule has 0 atom stereocenters.